The van der Waals surface area contributed by atoms with E-state index in [1.165, 1.54) is 0 Å². The Bertz CT molecular complexity index is 599. The maximum Gasteiger partial charge on any atom is 0.120 e. The van der Waals surface area contributed by atoms with Crippen molar-refractivity contribution in [2.75, 3.05) is 19.7 Å². The first kappa shape index (κ1) is 15.8. The van der Waals surface area contributed by atoms with Crippen molar-refractivity contribution < 1.29 is 9.47 Å². The fraction of sp³-hybridized carbons (Fsp3) is 0.421. The number of pyridine rings is 1. The highest BCUT2D eigenvalue weighted by Gasteiger charge is 2.34. The molecule has 4 heteroatoms. The lowest BCUT2D eigenvalue weighted by Gasteiger charge is -2.10. The summed E-state index contributed by atoms with van der Waals surface area (Å²) in [6.45, 7) is 8.11. The van der Waals surface area contributed by atoms with Crippen LogP contribution >= 0.6 is 0 Å². The molecule has 122 valence electrons. The molecule has 0 amide bonds. The van der Waals surface area contributed by atoms with E-state index in [0.29, 0.717) is 12.6 Å². The standard InChI is InChI=1S/C19H24N2O2/c1-15(2)11-21-12-17(21)14-23-19-7-5-18(6-8-19)22-13-16-4-3-9-20-10-16/h3-10,15,17H,11-14H2,1-2H3. The van der Waals surface area contributed by atoms with E-state index in [1.54, 1.807) is 6.20 Å². The predicted molar refractivity (Wildman–Crippen MR) is 90.7 cm³/mol. The number of ether oxygens (including phenoxy) is 2. The summed E-state index contributed by atoms with van der Waals surface area (Å²) in [5, 5.41) is 0. The van der Waals surface area contributed by atoms with Gasteiger partial charge in [0.05, 0.1) is 6.04 Å². The summed E-state index contributed by atoms with van der Waals surface area (Å²) in [4.78, 5) is 6.53. The van der Waals surface area contributed by atoms with Gasteiger partial charge in [-0.25, -0.2) is 0 Å². The van der Waals surface area contributed by atoms with Gasteiger partial charge in [-0.3, -0.25) is 9.88 Å². The van der Waals surface area contributed by atoms with Crippen LogP contribution in [-0.2, 0) is 6.61 Å². The Balaban J connectivity index is 1.41. The van der Waals surface area contributed by atoms with Crippen LogP contribution in [-0.4, -0.2) is 35.6 Å². The van der Waals surface area contributed by atoms with Crippen LogP contribution in [0, 0.1) is 5.92 Å². The van der Waals surface area contributed by atoms with Crippen LogP contribution in [0.2, 0.25) is 0 Å². The molecule has 2 unspecified atom stereocenters. The second-order valence-corrected chi connectivity index (χ2v) is 6.43. The Labute approximate surface area is 138 Å². The molecular weight excluding hydrogens is 288 g/mol. The van der Waals surface area contributed by atoms with Gasteiger partial charge in [-0.2, -0.15) is 0 Å². The minimum Gasteiger partial charge on any atom is -0.492 e. The Kier molecular flexibility index (Phi) is 5.13. The van der Waals surface area contributed by atoms with Gasteiger partial charge in [0, 0.05) is 31.0 Å². The average Bonchev–Trinajstić information content (AvgIpc) is 3.30. The molecule has 2 heterocycles. The maximum atomic E-state index is 5.85. The molecule has 3 rings (SSSR count). The highest BCUT2D eigenvalue weighted by molar-refractivity contribution is 5.31. The van der Waals surface area contributed by atoms with Crippen LogP contribution in [0.3, 0.4) is 0 Å². The normalized spacial score (nSPS) is 19.6. The van der Waals surface area contributed by atoms with Crippen LogP contribution < -0.4 is 9.47 Å². The Morgan fingerprint density at radius 3 is 2.52 bits per heavy atom. The lowest BCUT2D eigenvalue weighted by molar-refractivity contribution is 0.284. The molecule has 1 aromatic carbocycles. The molecule has 0 radical (unpaired) electrons. The van der Waals surface area contributed by atoms with Crippen molar-refractivity contribution in [1.29, 1.82) is 0 Å². The molecule has 1 saturated heterocycles. The van der Waals surface area contributed by atoms with Crippen LogP contribution in [0.4, 0.5) is 0 Å². The third-order valence-electron chi connectivity index (χ3n) is 3.82. The summed E-state index contributed by atoms with van der Waals surface area (Å²) in [6.07, 6.45) is 3.58. The lowest BCUT2D eigenvalue weighted by Crippen LogP contribution is -2.14. The van der Waals surface area contributed by atoms with Gasteiger partial charge in [-0.1, -0.05) is 19.9 Å². The zero-order valence-electron chi connectivity index (χ0n) is 13.8. The van der Waals surface area contributed by atoms with Gasteiger partial charge < -0.3 is 9.47 Å². The van der Waals surface area contributed by atoms with Crippen molar-refractivity contribution in [2.45, 2.75) is 26.5 Å². The van der Waals surface area contributed by atoms with E-state index >= 15 is 0 Å². The number of hydrogen-bond donors (Lipinski definition) is 0. The minimum absolute atomic E-state index is 0.528. The van der Waals surface area contributed by atoms with Crippen LogP contribution in [0.1, 0.15) is 19.4 Å². The summed E-state index contributed by atoms with van der Waals surface area (Å²) in [5.74, 6) is 2.46. The molecule has 0 aliphatic carbocycles. The van der Waals surface area contributed by atoms with E-state index in [1.807, 2.05) is 42.6 Å². The van der Waals surface area contributed by atoms with Gasteiger partial charge in [0.25, 0.3) is 0 Å². The highest BCUT2D eigenvalue weighted by Crippen LogP contribution is 2.22. The molecular formula is C19H24N2O2. The fourth-order valence-electron chi connectivity index (χ4n) is 2.55. The van der Waals surface area contributed by atoms with Gasteiger partial charge in [0.2, 0.25) is 0 Å². The molecule has 1 aliphatic heterocycles. The number of hydrogen-bond acceptors (Lipinski definition) is 4. The van der Waals surface area contributed by atoms with Crippen molar-refractivity contribution in [1.82, 2.24) is 9.88 Å². The Morgan fingerprint density at radius 1 is 1.13 bits per heavy atom. The zero-order valence-corrected chi connectivity index (χ0v) is 13.8. The van der Waals surface area contributed by atoms with Crippen molar-refractivity contribution in [3.05, 3.63) is 54.4 Å². The minimum atomic E-state index is 0.528. The van der Waals surface area contributed by atoms with E-state index in [9.17, 15) is 0 Å². The van der Waals surface area contributed by atoms with Gasteiger partial charge in [-0.15, -0.1) is 0 Å². The number of nitrogens with zero attached hydrogens (tertiary/aromatic N) is 2. The second-order valence-electron chi connectivity index (χ2n) is 6.43. The third kappa shape index (κ3) is 4.96. The molecule has 1 aliphatic rings. The van der Waals surface area contributed by atoms with Gasteiger partial charge in [-0.05, 0) is 36.2 Å². The summed E-state index contributed by atoms with van der Waals surface area (Å²) < 4.78 is 11.6. The van der Waals surface area contributed by atoms with Crippen molar-refractivity contribution in [3.8, 4) is 11.5 Å². The monoisotopic (exact) mass is 312 g/mol. The quantitative estimate of drug-likeness (QED) is 0.700. The molecule has 1 fully saturated rings. The number of rotatable bonds is 8. The van der Waals surface area contributed by atoms with Gasteiger partial charge >= 0.3 is 0 Å². The smallest absolute Gasteiger partial charge is 0.120 e. The summed E-state index contributed by atoms with van der Waals surface area (Å²) >= 11 is 0. The molecule has 0 spiro atoms. The van der Waals surface area contributed by atoms with Crippen molar-refractivity contribution in [2.24, 2.45) is 5.92 Å². The summed E-state index contributed by atoms with van der Waals surface area (Å²) in [6, 6.07) is 12.3. The molecule has 0 N–H and O–H groups in total. The molecule has 0 saturated carbocycles. The van der Waals surface area contributed by atoms with Crippen molar-refractivity contribution >= 4 is 0 Å². The van der Waals surface area contributed by atoms with E-state index in [0.717, 1.165) is 42.7 Å². The van der Waals surface area contributed by atoms with Gasteiger partial charge in [0.1, 0.15) is 24.7 Å². The molecule has 4 nitrogen and oxygen atoms in total. The SMILES string of the molecule is CC(C)CN1CC1COc1ccc(OCc2cccnc2)cc1. The molecule has 2 aromatic rings. The third-order valence-corrected chi connectivity index (χ3v) is 3.82. The largest absolute Gasteiger partial charge is 0.492 e. The summed E-state index contributed by atoms with van der Waals surface area (Å²) in [5.41, 5.74) is 1.06. The molecule has 1 aromatic heterocycles. The van der Waals surface area contributed by atoms with E-state index in [-0.39, 0.29) is 0 Å². The number of aromatic nitrogens is 1. The zero-order chi connectivity index (χ0) is 16.1. The van der Waals surface area contributed by atoms with E-state index in [4.69, 9.17) is 9.47 Å². The van der Waals surface area contributed by atoms with Gasteiger partial charge in [0.15, 0.2) is 0 Å². The summed E-state index contributed by atoms with van der Waals surface area (Å²) in [7, 11) is 0. The fourth-order valence-corrected chi connectivity index (χ4v) is 2.55. The van der Waals surface area contributed by atoms with E-state index < -0.39 is 0 Å². The van der Waals surface area contributed by atoms with Crippen LogP contribution in [0.15, 0.2) is 48.8 Å². The first-order valence-corrected chi connectivity index (χ1v) is 8.19. The molecule has 23 heavy (non-hydrogen) atoms. The first-order valence-electron chi connectivity index (χ1n) is 8.19. The highest BCUT2D eigenvalue weighted by atomic mass is 16.5. The predicted octanol–water partition coefficient (Wildman–Crippen LogP) is 3.38. The van der Waals surface area contributed by atoms with Crippen LogP contribution in [0.5, 0.6) is 11.5 Å². The lowest BCUT2D eigenvalue weighted by atomic mass is 10.2. The topological polar surface area (TPSA) is 34.4 Å². The second kappa shape index (κ2) is 7.47. The Morgan fingerprint density at radius 2 is 1.87 bits per heavy atom. The van der Waals surface area contributed by atoms with E-state index in [2.05, 4.69) is 23.7 Å². The van der Waals surface area contributed by atoms with Crippen LogP contribution in [0.25, 0.3) is 0 Å². The first-order chi connectivity index (χ1) is 11.2. The number of benzene rings is 1. The van der Waals surface area contributed by atoms with Crippen molar-refractivity contribution in [3.63, 3.8) is 0 Å². The molecule has 0 bridgehead atoms. The Hall–Kier alpha value is -2.07. The average molecular weight is 312 g/mol. The molecule has 2 atom stereocenters. The maximum absolute atomic E-state index is 5.85.